The van der Waals surface area contributed by atoms with Gasteiger partial charge in [0.1, 0.15) is 18.5 Å². The zero-order valence-electron chi connectivity index (χ0n) is 19.6. The van der Waals surface area contributed by atoms with Gasteiger partial charge in [-0.1, -0.05) is 64.5 Å². The maximum atomic E-state index is 12.9. The van der Waals surface area contributed by atoms with Crippen molar-refractivity contribution in [3.63, 3.8) is 0 Å². The summed E-state index contributed by atoms with van der Waals surface area (Å²) in [6.45, 7) is 6.12. The largest absolute Gasteiger partial charge is 0.489 e. The van der Waals surface area contributed by atoms with E-state index in [1.165, 1.54) is 16.7 Å². The number of nitrogens with one attached hydrogen (secondary N) is 1. The van der Waals surface area contributed by atoms with Gasteiger partial charge in [-0.25, -0.2) is 0 Å². The van der Waals surface area contributed by atoms with Crippen molar-refractivity contribution in [3.05, 3.63) is 98.5 Å². The summed E-state index contributed by atoms with van der Waals surface area (Å²) in [5, 5.41) is 3.48. The highest BCUT2D eigenvalue weighted by atomic mass is 79.9. The summed E-state index contributed by atoms with van der Waals surface area (Å²) in [5.41, 5.74) is 7.11. The lowest BCUT2D eigenvalue weighted by Gasteiger charge is -2.32. The fourth-order valence-electron chi connectivity index (χ4n) is 5.43. The van der Waals surface area contributed by atoms with Gasteiger partial charge in [-0.05, 0) is 61.1 Å². The van der Waals surface area contributed by atoms with Crippen LogP contribution in [0.2, 0.25) is 0 Å². The number of carbonyl (C=O) groups excluding carboxylic acids is 1. The first-order valence-electron chi connectivity index (χ1n) is 12.0. The van der Waals surface area contributed by atoms with Gasteiger partial charge < -0.3 is 14.8 Å². The molecule has 4 nitrogen and oxygen atoms in total. The first-order valence-corrected chi connectivity index (χ1v) is 12.8. The SMILES string of the molecule is Cc1cc(OCc2ccccc2Br)c(C)c2c1CCC1C(CNCc3ccccc3)C(=O)O[C@@H]21. The summed E-state index contributed by atoms with van der Waals surface area (Å²) in [5.74, 6) is 0.862. The van der Waals surface area contributed by atoms with E-state index in [4.69, 9.17) is 9.47 Å². The van der Waals surface area contributed by atoms with Crippen molar-refractivity contribution in [1.29, 1.82) is 0 Å². The zero-order chi connectivity index (χ0) is 23.7. The van der Waals surface area contributed by atoms with Gasteiger partial charge in [-0.3, -0.25) is 4.79 Å². The Balaban J connectivity index is 1.34. The van der Waals surface area contributed by atoms with Crippen molar-refractivity contribution >= 4 is 21.9 Å². The van der Waals surface area contributed by atoms with Gasteiger partial charge in [0.15, 0.2) is 0 Å². The molecule has 2 unspecified atom stereocenters. The van der Waals surface area contributed by atoms with Crippen LogP contribution in [0.5, 0.6) is 5.75 Å². The van der Waals surface area contributed by atoms with Crippen LogP contribution in [0.1, 0.15) is 45.9 Å². The molecule has 2 aliphatic rings. The molecule has 1 saturated heterocycles. The molecular weight excluding hydrogens is 490 g/mol. The van der Waals surface area contributed by atoms with Crippen LogP contribution >= 0.6 is 15.9 Å². The van der Waals surface area contributed by atoms with Crippen LogP contribution in [-0.4, -0.2) is 12.5 Å². The van der Waals surface area contributed by atoms with E-state index < -0.39 is 0 Å². The Morgan fingerprint density at radius 3 is 2.65 bits per heavy atom. The van der Waals surface area contributed by atoms with E-state index in [9.17, 15) is 4.79 Å². The Hall–Kier alpha value is -2.63. The molecule has 5 heteroatoms. The topological polar surface area (TPSA) is 47.6 Å². The van der Waals surface area contributed by atoms with Gasteiger partial charge in [0.05, 0.1) is 5.92 Å². The van der Waals surface area contributed by atoms with Crippen molar-refractivity contribution in [3.8, 4) is 5.75 Å². The predicted molar refractivity (Wildman–Crippen MR) is 137 cm³/mol. The molecule has 3 aromatic carbocycles. The number of hydrogen-bond donors (Lipinski definition) is 1. The number of halogens is 1. The number of rotatable bonds is 7. The quantitative estimate of drug-likeness (QED) is 0.377. The first-order chi connectivity index (χ1) is 16.5. The third kappa shape index (κ3) is 4.51. The third-order valence-corrected chi connectivity index (χ3v) is 8.04. The Kier molecular flexibility index (Phi) is 6.75. The average Bonchev–Trinajstić information content (AvgIpc) is 3.17. The molecule has 176 valence electrons. The second-order valence-corrected chi connectivity index (χ2v) is 10.2. The molecule has 1 fully saturated rings. The number of ether oxygens (including phenoxy) is 2. The number of esters is 1. The zero-order valence-corrected chi connectivity index (χ0v) is 21.2. The van der Waals surface area contributed by atoms with Crippen LogP contribution < -0.4 is 10.1 Å². The lowest BCUT2D eigenvalue weighted by molar-refractivity contribution is -0.144. The Morgan fingerprint density at radius 1 is 1.09 bits per heavy atom. The van der Waals surface area contributed by atoms with Crippen LogP contribution in [-0.2, 0) is 29.1 Å². The van der Waals surface area contributed by atoms with Crippen LogP contribution in [0.3, 0.4) is 0 Å². The first kappa shape index (κ1) is 23.1. The summed E-state index contributed by atoms with van der Waals surface area (Å²) >= 11 is 3.60. The van der Waals surface area contributed by atoms with Crippen molar-refractivity contribution in [2.75, 3.05) is 6.54 Å². The normalized spacial score (nSPS) is 21.0. The standard InChI is InChI=1S/C29H30BrNO3/c1-18-14-26(33-17-21-10-6-7-11-25(21)30)19(2)27-22(18)12-13-23-24(29(32)34-28(23)27)16-31-15-20-8-4-3-5-9-20/h3-11,14,23-24,28,31H,12-13,15-17H2,1-2H3/t23?,24?,28-/m1/s1. The minimum atomic E-state index is -0.189. The monoisotopic (exact) mass is 519 g/mol. The van der Waals surface area contributed by atoms with E-state index in [1.54, 1.807) is 0 Å². The highest BCUT2D eigenvalue weighted by molar-refractivity contribution is 9.10. The van der Waals surface area contributed by atoms with Gasteiger partial charge in [-0.15, -0.1) is 0 Å². The van der Waals surface area contributed by atoms with E-state index in [2.05, 4.69) is 59.4 Å². The Morgan fingerprint density at radius 2 is 1.85 bits per heavy atom. The Bertz CT molecular complexity index is 1190. The van der Waals surface area contributed by atoms with Crippen molar-refractivity contribution in [1.82, 2.24) is 5.32 Å². The number of benzene rings is 3. The van der Waals surface area contributed by atoms with Gasteiger partial charge in [-0.2, -0.15) is 0 Å². The van der Waals surface area contributed by atoms with E-state index in [0.717, 1.165) is 46.3 Å². The van der Waals surface area contributed by atoms with Crippen LogP contribution in [0, 0.1) is 25.7 Å². The van der Waals surface area contributed by atoms with E-state index in [-0.39, 0.29) is 23.9 Å². The molecule has 1 N–H and O–H groups in total. The average molecular weight is 520 g/mol. The highest BCUT2D eigenvalue weighted by Gasteiger charge is 2.48. The molecule has 0 radical (unpaired) electrons. The minimum Gasteiger partial charge on any atom is -0.489 e. The fraction of sp³-hybridized carbons (Fsp3) is 0.345. The number of hydrogen-bond acceptors (Lipinski definition) is 4. The molecule has 0 spiro atoms. The summed E-state index contributed by atoms with van der Waals surface area (Å²) in [4.78, 5) is 12.9. The predicted octanol–water partition coefficient (Wildman–Crippen LogP) is 6.21. The van der Waals surface area contributed by atoms with Gasteiger partial charge in [0.2, 0.25) is 0 Å². The number of carbonyl (C=O) groups is 1. The second kappa shape index (κ2) is 9.93. The summed E-state index contributed by atoms with van der Waals surface area (Å²) in [7, 11) is 0. The van der Waals surface area contributed by atoms with Crippen molar-refractivity contribution in [2.45, 2.75) is 45.9 Å². The molecule has 1 aliphatic heterocycles. The van der Waals surface area contributed by atoms with Gasteiger partial charge in [0.25, 0.3) is 0 Å². The molecule has 3 aromatic rings. The van der Waals surface area contributed by atoms with Gasteiger partial charge in [0, 0.05) is 34.6 Å². The van der Waals surface area contributed by atoms with E-state index >= 15 is 0 Å². The molecular formula is C29H30BrNO3. The fourth-order valence-corrected chi connectivity index (χ4v) is 5.83. The molecule has 5 rings (SSSR count). The molecule has 1 aliphatic carbocycles. The van der Waals surface area contributed by atoms with Crippen molar-refractivity contribution < 1.29 is 14.3 Å². The molecule has 1 heterocycles. The number of aryl methyl sites for hydroxylation is 1. The van der Waals surface area contributed by atoms with E-state index in [0.29, 0.717) is 13.2 Å². The molecule has 0 aromatic heterocycles. The molecule has 0 saturated carbocycles. The maximum absolute atomic E-state index is 12.9. The third-order valence-electron chi connectivity index (χ3n) is 7.26. The van der Waals surface area contributed by atoms with Crippen LogP contribution in [0.4, 0.5) is 0 Å². The summed E-state index contributed by atoms with van der Waals surface area (Å²) in [6.07, 6.45) is 1.75. The van der Waals surface area contributed by atoms with Gasteiger partial charge >= 0.3 is 5.97 Å². The lowest BCUT2D eigenvalue weighted by atomic mass is 9.74. The van der Waals surface area contributed by atoms with Crippen molar-refractivity contribution in [2.24, 2.45) is 11.8 Å². The second-order valence-electron chi connectivity index (χ2n) is 9.37. The molecule has 34 heavy (non-hydrogen) atoms. The summed E-state index contributed by atoms with van der Waals surface area (Å²) < 4.78 is 13.4. The molecule has 0 amide bonds. The Labute approximate surface area is 209 Å². The lowest BCUT2D eigenvalue weighted by Crippen LogP contribution is -2.31. The number of fused-ring (bicyclic) bond motifs is 3. The highest BCUT2D eigenvalue weighted by Crippen LogP contribution is 2.49. The van der Waals surface area contributed by atoms with E-state index in [1.807, 2.05) is 36.4 Å². The molecule has 0 bridgehead atoms. The van der Waals surface area contributed by atoms with Crippen LogP contribution in [0.25, 0.3) is 0 Å². The summed E-state index contributed by atoms with van der Waals surface area (Å²) in [6, 6.07) is 20.5. The minimum absolute atomic E-state index is 0.0833. The smallest absolute Gasteiger partial charge is 0.311 e. The van der Waals surface area contributed by atoms with Crippen LogP contribution in [0.15, 0.2) is 65.1 Å². The maximum Gasteiger partial charge on any atom is 0.311 e. The molecule has 3 atom stereocenters.